The zero-order chi connectivity index (χ0) is 14.5. The molecule has 108 valence electrons. The first-order chi connectivity index (χ1) is 9.63. The molecule has 0 aliphatic carbocycles. The summed E-state index contributed by atoms with van der Waals surface area (Å²) in [5, 5.41) is 14.3. The molecule has 1 unspecified atom stereocenters. The van der Waals surface area contributed by atoms with Crippen molar-refractivity contribution in [1.29, 1.82) is 0 Å². The molecule has 1 aromatic heterocycles. The van der Waals surface area contributed by atoms with Crippen molar-refractivity contribution in [2.45, 2.75) is 13.0 Å². The maximum absolute atomic E-state index is 13.8. The number of nitrogens with zero attached hydrogens (tertiary/aromatic N) is 4. The van der Waals surface area contributed by atoms with E-state index in [0.29, 0.717) is 19.0 Å². The fourth-order valence-electron chi connectivity index (χ4n) is 1.76. The van der Waals surface area contributed by atoms with Crippen molar-refractivity contribution >= 4 is 0 Å². The van der Waals surface area contributed by atoms with Crippen LogP contribution in [-0.4, -0.2) is 40.5 Å². The van der Waals surface area contributed by atoms with Crippen LogP contribution in [0, 0.1) is 11.6 Å². The molecule has 2 rings (SSSR count). The Balaban J connectivity index is 2.23. The zero-order valence-corrected chi connectivity index (χ0v) is 11.2. The summed E-state index contributed by atoms with van der Waals surface area (Å²) in [6.45, 7) is 2.99. The molecule has 1 N–H and O–H groups in total. The Labute approximate surface area is 114 Å². The number of benzene rings is 1. The van der Waals surface area contributed by atoms with E-state index in [9.17, 15) is 8.78 Å². The molecule has 8 heteroatoms. The van der Waals surface area contributed by atoms with Gasteiger partial charge in [0.15, 0.2) is 11.6 Å². The highest BCUT2D eigenvalue weighted by Gasteiger charge is 2.17. The lowest BCUT2D eigenvalue weighted by molar-refractivity contribution is 0.196. The predicted octanol–water partition coefficient (Wildman–Crippen LogP) is 1.24. The van der Waals surface area contributed by atoms with Gasteiger partial charge in [0.1, 0.15) is 11.5 Å². The lowest BCUT2D eigenvalue weighted by Crippen LogP contribution is -2.25. The van der Waals surface area contributed by atoms with Gasteiger partial charge in [-0.3, -0.25) is 0 Å². The van der Waals surface area contributed by atoms with E-state index in [1.807, 2.05) is 6.92 Å². The van der Waals surface area contributed by atoms with E-state index in [-0.39, 0.29) is 11.7 Å². The minimum absolute atomic E-state index is 0.104. The van der Waals surface area contributed by atoms with E-state index in [0.717, 1.165) is 12.1 Å². The van der Waals surface area contributed by atoms with Crippen molar-refractivity contribution in [1.82, 2.24) is 25.5 Å². The molecule has 6 nitrogen and oxygen atoms in total. The number of ether oxygens (including phenoxy) is 1. The lowest BCUT2D eigenvalue weighted by Gasteiger charge is -2.13. The Hall–Kier alpha value is -1.93. The third-order valence-electron chi connectivity index (χ3n) is 2.78. The van der Waals surface area contributed by atoms with Crippen molar-refractivity contribution in [3.05, 3.63) is 35.7 Å². The summed E-state index contributed by atoms with van der Waals surface area (Å²) >= 11 is 0. The number of methoxy groups -OCH3 is 1. The summed E-state index contributed by atoms with van der Waals surface area (Å²) in [5.41, 5.74) is 0.104. The number of aromatic nitrogens is 4. The van der Waals surface area contributed by atoms with Gasteiger partial charge in [-0.05, 0) is 29.5 Å². The fraction of sp³-hybridized carbons (Fsp3) is 0.417. The first kappa shape index (κ1) is 14.5. The molecule has 1 aromatic carbocycles. The average molecular weight is 283 g/mol. The van der Waals surface area contributed by atoms with E-state index < -0.39 is 11.6 Å². The summed E-state index contributed by atoms with van der Waals surface area (Å²) in [7, 11) is 1.60. The Morgan fingerprint density at radius 1 is 1.40 bits per heavy atom. The molecular formula is C12H15F2N5O. The molecule has 0 radical (unpaired) electrons. The number of hydrogen-bond donors (Lipinski definition) is 1. The van der Waals surface area contributed by atoms with Gasteiger partial charge in [-0.25, -0.2) is 8.78 Å². The van der Waals surface area contributed by atoms with Gasteiger partial charge in [-0.1, -0.05) is 0 Å². The number of tetrazole rings is 1. The van der Waals surface area contributed by atoms with Gasteiger partial charge >= 0.3 is 0 Å². The van der Waals surface area contributed by atoms with Crippen LogP contribution < -0.4 is 5.32 Å². The fourth-order valence-corrected chi connectivity index (χ4v) is 1.76. The van der Waals surface area contributed by atoms with Crippen LogP contribution in [0.4, 0.5) is 8.78 Å². The van der Waals surface area contributed by atoms with E-state index in [2.05, 4.69) is 20.8 Å². The monoisotopic (exact) mass is 283 g/mol. The minimum atomic E-state index is -0.720. The smallest absolute Gasteiger partial charge is 0.173 e. The van der Waals surface area contributed by atoms with Crippen LogP contribution in [-0.2, 0) is 4.74 Å². The minimum Gasteiger partial charge on any atom is -0.383 e. The second-order valence-corrected chi connectivity index (χ2v) is 4.21. The molecule has 0 spiro atoms. The number of rotatable bonds is 6. The second-order valence-electron chi connectivity index (χ2n) is 4.21. The third-order valence-corrected chi connectivity index (χ3v) is 2.78. The maximum atomic E-state index is 13.8. The summed E-state index contributed by atoms with van der Waals surface area (Å²) in [6.07, 6.45) is 0. The predicted molar refractivity (Wildman–Crippen MR) is 67.4 cm³/mol. The molecule has 0 aliphatic rings. The Morgan fingerprint density at radius 2 is 2.20 bits per heavy atom. The van der Waals surface area contributed by atoms with Crippen molar-refractivity contribution < 1.29 is 13.5 Å². The van der Waals surface area contributed by atoms with Gasteiger partial charge in [0.2, 0.25) is 0 Å². The van der Waals surface area contributed by atoms with E-state index in [4.69, 9.17) is 4.74 Å². The summed E-state index contributed by atoms with van der Waals surface area (Å²) in [5.74, 6) is -0.929. The molecule has 0 fully saturated rings. The molecule has 0 amide bonds. The van der Waals surface area contributed by atoms with Gasteiger partial charge < -0.3 is 10.1 Å². The average Bonchev–Trinajstić information content (AvgIpc) is 2.88. The topological polar surface area (TPSA) is 64.9 Å². The summed E-state index contributed by atoms with van der Waals surface area (Å²) in [4.78, 5) is 0. The second kappa shape index (κ2) is 6.49. The van der Waals surface area contributed by atoms with Crippen LogP contribution in [0.25, 0.3) is 5.69 Å². The Kier molecular flexibility index (Phi) is 4.70. The zero-order valence-electron chi connectivity index (χ0n) is 11.2. The SMILES string of the molecule is COCCNC(C)c1nnnn1-c1ccc(F)cc1F. The molecule has 0 saturated carbocycles. The van der Waals surface area contributed by atoms with E-state index in [1.165, 1.54) is 10.7 Å². The highest BCUT2D eigenvalue weighted by atomic mass is 19.1. The van der Waals surface area contributed by atoms with Crippen LogP contribution >= 0.6 is 0 Å². The summed E-state index contributed by atoms with van der Waals surface area (Å²) < 4.78 is 32.9. The molecule has 1 heterocycles. The highest BCUT2D eigenvalue weighted by molar-refractivity contribution is 5.33. The van der Waals surface area contributed by atoms with E-state index >= 15 is 0 Å². The van der Waals surface area contributed by atoms with Gasteiger partial charge in [0.05, 0.1) is 12.6 Å². The van der Waals surface area contributed by atoms with Crippen LogP contribution in [0.3, 0.4) is 0 Å². The first-order valence-electron chi connectivity index (χ1n) is 6.09. The maximum Gasteiger partial charge on any atom is 0.173 e. The highest BCUT2D eigenvalue weighted by Crippen LogP contribution is 2.17. The first-order valence-corrected chi connectivity index (χ1v) is 6.09. The largest absolute Gasteiger partial charge is 0.383 e. The molecule has 0 aliphatic heterocycles. The summed E-state index contributed by atoms with van der Waals surface area (Å²) in [6, 6.07) is 3.05. The normalized spacial score (nSPS) is 12.6. The van der Waals surface area contributed by atoms with Gasteiger partial charge in [-0.2, -0.15) is 4.68 Å². The van der Waals surface area contributed by atoms with Crippen molar-refractivity contribution in [3.63, 3.8) is 0 Å². The van der Waals surface area contributed by atoms with Crippen LogP contribution in [0.2, 0.25) is 0 Å². The van der Waals surface area contributed by atoms with Crippen molar-refractivity contribution in [2.24, 2.45) is 0 Å². The number of hydrogen-bond acceptors (Lipinski definition) is 5. The van der Waals surface area contributed by atoms with Crippen LogP contribution in [0.5, 0.6) is 0 Å². The standard InChI is InChI=1S/C12H15F2N5O/c1-8(15-5-6-20-2)12-16-17-18-19(12)11-4-3-9(13)7-10(11)14/h3-4,7-8,15H,5-6H2,1-2H3. The Morgan fingerprint density at radius 3 is 2.90 bits per heavy atom. The third kappa shape index (κ3) is 3.14. The van der Waals surface area contributed by atoms with Crippen LogP contribution in [0.15, 0.2) is 18.2 Å². The molecule has 1 atom stereocenters. The molecule has 2 aromatic rings. The number of nitrogens with one attached hydrogen (secondary N) is 1. The molecule has 0 saturated heterocycles. The van der Waals surface area contributed by atoms with Gasteiger partial charge in [-0.15, -0.1) is 5.10 Å². The van der Waals surface area contributed by atoms with E-state index in [1.54, 1.807) is 7.11 Å². The van der Waals surface area contributed by atoms with Gasteiger partial charge in [0, 0.05) is 19.7 Å². The molecule has 20 heavy (non-hydrogen) atoms. The molecular weight excluding hydrogens is 268 g/mol. The lowest BCUT2D eigenvalue weighted by atomic mass is 10.2. The van der Waals surface area contributed by atoms with Crippen LogP contribution in [0.1, 0.15) is 18.8 Å². The van der Waals surface area contributed by atoms with Crippen molar-refractivity contribution in [2.75, 3.05) is 20.3 Å². The van der Waals surface area contributed by atoms with Gasteiger partial charge in [0.25, 0.3) is 0 Å². The number of halogens is 2. The quantitative estimate of drug-likeness (QED) is 0.808. The molecule has 0 bridgehead atoms. The Bertz CT molecular complexity index is 575. The van der Waals surface area contributed by atoms with Crippen molar-refractivity contribution in [3.8, 4) is 5.69 Å².